The average Bonchev–Trinajstić information content (AvgIpc) is 2.70. The molecule has 5 unspecified atom stereocenters. The lowest BCUT2D eigenvalue weighted by atomic mass is 9.96. The molecule has 0 aromatic heterocycles. The normalized spacial score (nSPS) is 15.9. The molecule has 0 aliphatic rings. The number of carboxylic acids is 2. The van der Waals surface area contributed by atoms with Crippen LogP contribution in [0, 0.1) is 17.8 Å². The Hall–Kier alpha value is -2.69. The molecule has 11 heteroatoms. The molecule has 0 saturated carbocycles. The number of carbonyl (C=O) groups is 5. The molecule has 184 valence electrons. The van der Waals surface area contributed by atoms with Gasteiger partial charge in [0, 0.05) is 6.42 Å². The van der Waals surface area contributed by atoms with Crippen LogP contribution in [-0.2, 0) is 24.0 Å². The van der Waals surface area contributed by atoms with Gasteiger partial charge in [0.05, 0.1) is 6.04 Å². The minimum atomic E-state index is -1.29. The topological polar surface area (TPSA) is 188 Å². The maximum absolute atomic E-state index is 13.0. The van der Waals surface area contributed by atoms with Crippen LogP contribution in [0.1, 0.15) is 60.8 Å². The molecule has 0 aliphatic carbocycles. The third-order valence-electron chi connectivity index (χ3n) is 5.32. The summed E-state index contributed by atoms with van der Waals surface area (Å²) in [5.74, 6) is -5.32. The SMILES string of the molecule is CCC(C)C(NC(=O)C(N)C(C)C)C(=O)NC(CCC(=O)O)C(=O)NC(C(=O)O)C(C)C. The minimum absolute atomic E-state index is 0.159. The average molecular weight is 459 g/mol. The van der Waals surface area contributed by atoms with Gasteiger partial charge < -0.3 is 31.9 Å². The van der Waals surface area contributed by atoms with Crippen molar-refractivity contribution in [1.82, 2.24) is 16.0 Å². The standard InChI is InChI=1S/C21H38N4O7/c1-7-12(6)17(25-19(29)15(22)10(2)3)20(30)23-13(8-9-14(26)27)18(28)24-16(11(4)5)21(31)32/h10-13,15-17H,7-9,22H2,1-6H3,(H,23,30)(H,24,28)(H,25,29)(H,26,27)(H,31,32). The van der Waals surface area contributed by atoms with Crippen LogP contribution < -0.4 is 21.7 Å². The van der Waals surface area contributed by atoms with E-state index in [1.54, 1.807) is 34.6 Å². The second-order valence-corrected chi connectivity index (χ2v) is 8.70. The van der Waals surface area contributed by atoms with Crippen LogP contribution in [0.3, 0.4) is 0 Å². The zero-order valence-corrected chi connectivity index (χ0v) is 19.7. The first kappa shape index (κ1) is 29.3. The number of carboxylic acid groups (broad SMARTS) is 2. The lowest BCUT2D eigenvalue weighted by Crippen LogP contribution is -2.59. The van der Waals surface area contributed by atoms with Gasteiger partial charge in [-0.15, -0.1) is 0 Å². The third kappa shape index (κ3) is 9.63. The highest BCUT2D eigenvalue weighted by atomic mass is 16.4. The first-order chi connectivity index (χ1) is 14.7. The Bertz CT molecular complexity index is 681. The van der Waals surface area contributed by atoms with E-state index >= 15 is 0 Å². The predicted molar refractivity (Wildman–Crippen MR) is 117 cm³/mol. The quantitative estimate of drug-likeness (QED) is 0.211. The molecule has 32 heavy (non-hydrogen) atoms. The molecule has 7 N–H and O–H groups in total. The summed E-state index contributed by atoms with van der Waals surface area (Å²) >= 11 is 0. The Balaban J connectivity index is 5.63. The molecule has 0 rings (SSSR count). The summed E-state index contributed by atoms with van der Waals surface area (Å²) in [6, 6.07) is -4.33. The van der Waals surface area contributed by atoms with E-state index in [1.165, 1.54) is 0 Å². The van der Waals surface area contributed by atoms with Gasteiger partial charge in [0.2, 0.25) is 17.7 Å². The lowest BCUT2D eigenvalue weighted by molar-refractivity contribution is -0.144. The second kappa shape index (κ2) is 13.7. The Morgan fingerprint density at radius 2 is 1.31 bits per heavy atom. The van der Waals surface area contributed by atoms with E-state index in [0.29, 0.717) is 6.42 Å². The Labute approximate surface area is 188 Å². The van der Waals surface area contributed by atoms with Gasteiger partial charge in [0.1, 0.15) is 18.1 Å². The van der Waals surface area contributed by atoms with E-state index in [4.69, 9.17) is 10.8 Å². The van der Waals surface area contributed by atoms with Gasteiger partial charge in [-0.1, -0.05) is 48.0 Å². The molecule has 11 nitrogen and oxygen atoms in total. The molecule has 0 spiro atoms. The van der Waals surface area contributed by atoms with E-state index in [1.807, 2.05) is 6.92 Å². The molecule has 0 saturated heterocycles. The van der Waals surface area contributed by atoms with Gasteiger partial charge in [-0.25, -0.2) is 4.79 Å². The minimum Gasteiger partial charge on any atom is -0.481 e. The summed E-state index contributed by atoms with van der Waals surface area (Å²) in [6.45, 7) is 10.3. The Morgan fingerprint density at radius 1 is 0.781 bits per heavy atom. The number of rotatable bonds is 14. The van der Waals surface area contributed by atoms with Crippen molar-refractivity contribution in [3.63, 3.8) is 0 Å². The van der Waals surface area contributed by atoms with Gasteiger partial charge >= 0.3 is 11.9 Å². The molecule has 0 radical (unpaired) electrons. The Kier molecular flexibility index (Phi) is 12.5. The highest BCUT2D eigenvalue weighted by Gasteiger charge is 2.33. The first-order valence-corrected chi connectivity index (χ1v) is 10.8. The first-order valence-electron chi connectivity index (χ1n) is 10.8. The highest BCUT2D eigenvalue weighted by molar-refractivity contribution is 5.94. The number of amides is 3. The number of aliphatic carboxylic acids is 2. The van der Waals surface area contributed by atoms with Crippen LogP contribution in [0.25, 0.3) is 0 Å². The number of carbonyl (C=O) groups excluding carboxylic acids is 3. The van der Waals surface area contributed by atoms with E-state index in [-0.39, 0.29) is 18.3 Å². The van der Waals surface area contributed by atoms with E-state index < -0.39 is 66.2 Å². The summed E-state index contributed by atoms with van der Waals surface area (Å²) in [6.07, 6.45) is -0.129. The fraction of sp³-hybridized carbons (Fsp3) is 0.762. The Morgan fingerprint density at radius 3 is 1.72 bits per heavy atom. The van der Waals surface area contributed by atoms with Gasteiger partial charge in [0.25, 0.3) is 0 Å². The van der Waals surface area contributed by atoms with Crippen LogP contribution in [0.15, 0.2) is 0 Å². The van der Waals surface area contributed by atoms with E-state index in [0.717, 1.165) is 0 Å². The molecular weight excluding hydrogens is 420 g/mol. The molecule has 0 fully saturated rings. The zero-order chi connectivity index (χ0) is 25.2. The number of nitrogens with one attached hydrogen (secondary N) is 3. The van der Waals surface area contributed by atoms with Crippen LogP contribution in [0.2, 0.25) is 0 Å². The predicted octanol–water partition coefficient (Wildman–Crippen LogP) is 0.0756. The van der Waals surface area contributed by atoms with Crippen molar-refractivity contribution in [3.8, 4) is 0 Å². The molecule has 0 bridgehead atoms. The third-order valence-corrected chi connectivity index (χ3v) is 5.32. The van der Waals surface area contributed by atoms with Gasteiger partial charge in [-0.05, 0) is 24.2 Å². The van der Waals surface area contributed by atoms with Crippen molar-refractivity contribution < 1.29 is 34.2 Å². The second-order valence-electron chi connectivity index (χ2n) is 8.70. The fourth-order valence-electron chi connectivity index (χ4n) is 2.82. The van der Waals surface area contributed by atoms with Crippen LogP contribution in [0.5, 0.6) is 0 Å². The molecule has 0 aromatic rings. The summed E-state index contributed by atoms with van der Waals surface area (Å²) in [7, 11) is 0. The van der Waals surface area contributed by atoms with Gasteiger partial charge in [0.15, 0.2) is 0 Å². The van der Waals surface area contributed by atoms with Crippen molar-refractivity contribution in [2.75, 3.05) is 0 Å². The van der Waals surface area contributed by atoms with E-state index in [9.17, 15) is 29.1 Å². The maximum atomic E-state index is 13.0. The summed E-state index contributed by atoms with van der Waals surface area (Å²) in [4.78, 5) is 60.5. The lowest BCUT2D eigenvalue weighted by Gasteiger charge is -2.28. The highest BCUT2D eigenvalue weighted by Crippen LogP contribution is 2.11. The smallest absolute Gasteiger partial charge is 0.326 e. The van der Waals surface area contributed by atoms with Crippen LogP contribution in [-0.4, -0.2) is 64.0 Å². The van der Waals surface area contributed by atoms with Crippen molar-refractivity contribution >= 4 is 29.7 Å². The van der Waals surface area contributed by atoms with E-state index in [2.05, 4.69) is 16.0 Å². The van der Waals surface area contributed by atoms with Gasteiger partial charge in [-0.3, -0.25) is 19.2 Å². The maximum Gasteiger partial charge on any atom is 0.326 e. The summed E-state index contributed by atoms with van der Waals surface area (Å²) in [5.41, 5.74) is 5.86. The molecule has 0 heterocycles. The van der Waals surface area contributed by atoms with Crippen molar-refractivity contribution in [3.05, 3.63) is 0 Å². The molecule has 3 amide bonds. The van der Waals surface area contributed by atoms with Crippen LogP contribution in [0.4, 0.5) is 0 Å². The summed E-state index contributed by atoms with van der Waals surface area (Å²) < 4.78 is 0. The van der Waals surface area contributed by atoms with Gasteiger partial charge in [-0.2, -0.15) is 0 Å². The van der Waals surface area contributed by atoms with Crippen molar-refractivity contribution in [2.45, 2.75) is 85.0 Å². The number of hydrogen-bond donors (Lipinski definition) is 6. The van der Waals surface area contributed by atoms with Crippen molar-refractivity contribution in [1.29, 1.82) is 0 Å². The molecule has 0 aliphatic heterocycles. The fourth-order valence-corrected chi connectivity index (χ4v) is 2.82. The molecule has 0 aromatic carbocycles. The molecular formula is C21H38N4O7. The molecule has 5 atom stereocenters. The number of hydrogen-bond acceptors (Lipinski definition) is 6. The summed E-state index contributed by atoms with van der Waals surface area (Å²) in [5, 5.41) is 25.7. The number of nitrogens with two attached hydrogens (primary N) is 1. The van der Waals surface area contributed by atoms with Crippen molar-refractivity contribution in [2.24, 2.45) is 23.5 Å². The zero-order valence-electron chi connectivity index (χ0n) is 19.7. The largest absolute Gasteiger partial charge is 0.481 e. The van der Waals surface area contributed by atoms with Crippen LogP contribution >= 0.6 is 0 Å². The monoisotopic (exact) mass is 458 g/mol.